The van der Waals surface area contributed by atoms with Gasteiger partial charge in [0, 0.05) is 27.0 Å². The highest BCUT2D eigenvalue weighted by Crippen LogP contribution is 2.55. The third-order valence-corrected chi connectivity index (χ3v) is 13.7. The maximum Gasteiger partial charge on any atom is 0.231 e. The molecule has 0 spiro atoms. The Balaban J connectivity index is 1.50. The van der Waals surface area contributed by atoms with Crippen LogP contribution in [0.2, 0.25) is 0 Å². The molecule has 5 nitrogen and oxygen atoms in total. The summed E-state index contributed by atoms with van der Waals surface area (Å²) in [5.74, 6) is 2.42. The van der Waals surface area contributed by atoms with E-state index >= 15 is 4.57 Å². The second-order valence-electron chi connectivity index (χ2n) is 10.7. The van der Waals surface area contributed by atoms with Gasteiger partial charge in [-0.15, -0.1) is 0 Å². The van der Waals surface area contributed by atoms with Crippen molar-refractivity contribution in [1.29, 1.82) is 0 Å². The number of ether oxygens (including phenoxy) is 4. The Morgan fingerprint density at radius 3 is 1.42 bits per heavy atom. The Morgan fingerprint density at radius 2 is 0.911 bits per heavy atom. The SMILES string of the molecule is O=P(c1ccccc1)(c1ccccc1)c1ccc2c(c1-c1c(P(c3ccccc3)c3ccccc3)ccc3c1OCO3)OCO2. The molecule has 6 aromatic rings. The van der Waals surface area contributed by atoms with Crippen molar-refractivity contribution < 1.29 is 23.5 Å². The van der Waals surface area contributed by atoms with Crippen LogP contribution in [0, 0.1) is 0 Å². The van der Waals surface area contributed by atoms with Crippen molar-refractivity contribution in [2.45, 2.75) is 0 Å². The molecule has 0 saturated heterocycles. The Hall–Kier alpha value is -4.82. The van der Waals surface area contributed by atoms with Gasteiger partial charge in [0.25, 0.3) is 0 Å². The summed E-state index contributed by atoms with van der Waals surface area (Å²) in [6.45, 7) is 0.164. The molecule has 0 atom stereocenters. The molecule has 6 aromatic carbocycles. The highest BCUT2D eigenvalue weighted by Gasteiger charge is 2.39. The fraction of sp³-hybridized carbons (Fsp3) is 0.0526. The topological polar surface area (TPSA) is 54.0 Å². The molecule has 2 heterocycles. The molecule has 0 saturated carbocycles. The van der Waals surface area contributed by atoms with Gasteiger partial charge in [-0.3, -0.25) is 0 Å². The Labute approximate surface area is 263 Å². The maximum absolute atomic E-state index is 16.0. The number of hydrogen-bond donors (Lipinski definition) is 0. The lowest BCUT2D eigenvalue weighted by Crippen LogP contribution is -2.28. The van der Waals surface area contributed by atoms with E-state index in [4.69, 9.17) is 18.9 Å². The molecule has 0 aliphatic carbocycles. The third kappa shape index (κ3) is 4.71. The van der Waals surface area contributed by atoms with E-state index in [1.165, 1.54) is 10.6 Å². The first-order valence-corrected chi connectivity index (χ1v) is 17.8. The Bertz CT molecular complexity index is 1950. The molecule has 8 rings (SSSR count). The van der Waals surface area contributed by atoms with Gasteiger partial charge < -0.3 is 23.5 Å². The summed E-state index contributed by atoms with van der Waals surface area (Å²) in [4.78, 5) is 0. The fourth-order valence-corrected chi connectivity index (χ4v) is 11.4. The highest BCUT2D eigenvalue weighted by atomic mass is 31.2. The molecule has 0 N–H and O–H groups in total. The number of rotatable bonds is 7. The molecule has 0 unspecified atom stereocenters. The molecule has 2 aliphatic rings. The van der Waals surface area contributed by atoms with Gasteiger partial charge in [-0.05, 0) is 48.1 Å². The third-order valence-electron chi connectivity index (χ3n) is 8.13. The van der Waals surface area contributed by atoms with Crippen LogP contribution in [0.5, 0.6) is 23.0 Å². The molecule has 0 fully saturated rings. The first kappa shape index (κ1) is 27.7. The van der Waals surface area contributed by atoms with Crippen LogP contribution in [-0.2, 0) is 4.57 Å². The summed E-state index contributed by atoms with van der Waals surface area (Å²) in [7, 11) is -4.54. The van der Waals surface area contributed by atoms with Crippen LogP contribution in [0.15, 0.2) is 146 Å². The molecular weight excluding hydrogens is 598 g/mol. The van der Waals surface area contributed by atoms with Crippen LogP contribution >= 0.6 is 15.1 Å². The van der Waals surface area contributed by atoms with E-state index in [0.29, 0.717) is 33.9 Å². The minimum absolute atomic E-state index is 0.0700. The smallest absolute Gasteiger partial charge is 0.231 e. The van der Waals surface area contributed by atoms with Gasteiger partial charge in [-0.25, -0.2) is 0 Å². The van der Waals surface area contributed by atoms with E-state index in [0.717, 1.165) is 21.5 Å². The minimum atomic E-state index is -3.46. The molecule has 45 heavy (non-hydrogen) atoms. The lowest BCUT2D eigenvalue weighted by Gasteiger charge is -2.27. The molecule has 0 aromatic heterocycles. The van der Waals surface area contributed by atoms with Crippen molar-refractivity contribution in [3.63, 3.8) is 0 Å². The minimum Gasteiger partial charge on any atom is -0.454 e. The molecule has 220 valence electrons. The summed E-state index contributed by atoms with van der Waals surface area (Å²) in [6.07, 6.45) is 0. The fourth-order valence-electron chi connectivity index (χ4n) is 6.14. The second kappa shape index (κ2) is 11.6. The van der Waals surface area contributed by atoms with Crippen LogP contribution in [0.1, 0.15) is 0 Å². The van der Waals surface area contributed by atoms with Gasteiger partial charge in [0.15, 0.2) is 30.1 Å². The van der Waals surface area contributed by atoms with Gasteiger partial charge in [0.1, 0.15) is 0 Å². The van der Waals surface area contributed by atoms with Gasteiger partial charge >= 0.3 is 0 Å². The van der Waals surface area contributed by atoms with E-state index in [1.807, 2.05) is 91.0 Å². The van der Waals surface area contributed by atoms with E-state index in [-0.39, 0.29) is 13.6 Å². The van der Waals surface area contributed by atoms with Crippen LogP contribution < -0.4 is 50.8 Å². The monoisotopic (exact) mass is 626 g/mol. The zero-order chi connectivity index (χ0) is 30.2. The van der Waals surface area contributed by atoms with Crippen molar-refractivity contribution >= 4 is 46.9 Å². The standard InChI is InChI=1S/C38H28O5P2/c39-45(29-17-9-3-10-18-29,30-19-11-4-12-20-30)34-24-22-32-38(43-26-41-32)36(34)35-33(23-21-31-37(35)42-25-40-31)44(27-13-5-1-6-14-27)28-15-7-2-8-16-28/h1-24H,25-26H2. The maximum atomic E-state index is 16.0. The average molecular weight is 627 g/mol. The summed E-state index contributed by atoms with van der Waals surface area (Å²) in [5.41, 5.74) is 1.52. The van der Waals surface area contributed by atoms with Gasteiger partial charge in [0.2, 0.25) is 13.6 Å². The zero-order valence-corrected chi connectivity index (χ0v) is 26.0. The molecule has 0 bridgehead atoms. The molecule has 7 heteroatoms. The largest absolute Gasteiger partial charge is 0.454 e. The number of fused-ring (bicyclic) bond motifs is 2. The first-order valence-electron chi connectivity index (χ1n) is 14.7. The van der Waals surface area contributed by atoms with Gasteiger partial charge in [0.05, 0.1) is 0 Å². The highest BCUT2D eigenvalue weighted by molar-refractivity contribution is 7.85. The second-order valence-corrected chi connectivity index (χ2v) is 15.6. The Morgan fingerprint density at radius 1 is 0.467 bits per heavy atom. The van der Waals surface area contributed by atoms with Crippen molar-refractivity contribution in [2.75, 3.05) is 13.6 Å². The van der Waals surface area contributed by atoms with Crippen LogP contribution in [-0.4, -0.2) is 13.6 Å². The molecule has 0 amide bonds. The van der Waals surface area contributed by atoms with Crippen molar-refractivity contribution in [1.82, 2.24) is 0 Å². The van der Waals surface area contributed by atoms with Crippen molar-refractivity contribution in [2.24, 2.45) is 0 Å². The van der Waals surface area contributed by atoms with Crippen molar-refractivity contribution in [3.8, 4) is 34.1 Å². The van der Waals surface area contributed by atoms with E-state index in [1.54, 1.807) is 0 Å². The summed E-state index contributed by atoms with van der Waals surface area (Å²) >= 11 is 0. The van der Waals surface area contributed by atoms with Crippen LogP contribution in [0.4, 0.5) is 0 Å². The molecule has 0 radical (unpaired) electrons. The van der Waals surface area contributed by atoms with Gasteiger partial charge in [-0.2, -0.15) is 0 Å². The average Bonchev–Trinajstić information content (AvgIpc) is 3.80. The summed E-state index contributed by atoms with van der Waals surface area (Å²) in [6, 6.07) is 48.4. The molecular formula is C38H28O5P2. The summed E-state index contributed by atoms with van der Waals surface area (Å²) in [5, 5.41) is 5.53. The number of hydrogen-bond acceptors (Lipinski definition) is 5. The zero-order valence-electron chi connectivity index (χ0n) is 24.2. The predicted molar refractivity (Wildman–Crippen MR) is 182 cm³/mol. The van der Waals surface area contributed by atoms with E-state index < -0.39 is 15.1 Å². The predicted octanol–water partition coefficient (Wildman–Crippen LogP) is 6.21. The van der Waals surface area contributed by atoms with Crippen molar-refractivity contribution in [3.05, 3.63) is 146 Å². The summed E-state index contributed by atoms with van der Waals surface area (Å²) < 4.78 is 40.4. The van der Waals surface area contributed by atoms with E-state index in [2.05, 4.69) is 54.6 Å². The van der Waals surface area contributed by atoms with Gasteiger partial charge in [-0.1, -0.05) is 121 Å². The lowest BCUT2D eigenvalue weighted by molar-refractivity contribution is 0.173. The quantitative estimate of drug-likeness (QED) is 0.198. The lowest BCUT2D eigenvalue weighted by atomic mass is 10.0. The van der Waals surface area contributed by atoms with E-state index in [9.17, 15) is 0 Å². The number of benzene rings is 6. The van der Waals surface area contributed by atoms with Crippen LogP contribution in [0.25, 0.3) is 11.1 Å². The normalized spacial score (nSPS) is 13.3. The van der Waals surface area contributed by atoms with Crippen LogP contribution in [0.3, 0.4) is 0 Å². The first-order chi connectivity index (χ1) is 22.2. The molecule has 2 aliphatic heterocycles. The Kier molecular flexibility index (Phi) is 7.14.